The van der Waals surface area contributed by atoms with Gasteiger partial charge in [-0.05, 0) is 31.2 Å². The van der Waals surface area contributed by atoms with Gasteiger partial charge in [-0.3, -0.25) is 0 Å². The van der Waals surface area contributed by atoms with Gasteiger partial charge in [0.2, 0.25) is 0 Å². The minimum Gasteiger partial charge on any atom is -0.380 e. The summed E-state index contributed by atoms with van der Waals surface area (Å²) in [7, 11) is 0. The number of hydrogen-bond donors (Lipinski definition) is 1. The highest BCUT2D eigenvalue weighted by atomic mass is 32.1. The maximum atomic E-state index is 8.83. The summed E-state index contributed by atoms with van der Waals surface area (Å²) in [5.41, 5.74) is 3.20. The molecule has 3 aromatic rings. The van der Waals surface area contributed by atoms with Gasteiger partial charge in [0.15, 0.2) is 0 Å². The Morgan fingerprint density at radius 3 is 2.90 bits per heavy atom. The Labute approximate surface area is 131 Å². The smallest absolute Gasteiger partial charge is 0.110 e. The summed E-state index contributed by atoms with van der Waals surface area (Å²) in [6.07, 6.45) is 0. The van der Waals surface area contributed by atoms with Crippen molar-refractivity contribution >= 4 is 28.4 Å². The Kier molecular flexibility index (Phi) is 4.00. The van der Waals surface area contributed by atoms with Crippen molar-refractivity contribution in [3.8, 4) is 17.3 Å². The third kappa shape index (κ3) is 3.30. The highest BCUT2D eigenvalue weighted by molar-refractivity contribution is 7.12. The molecule has 0 fully saturated rings. The van der Waals surface area contributed by atoms with Crippen LogP contribution in [0.15, 0.2) is 41.8 Å². The second-order valence-electron chi connectivity index (χ2n) is 4.56. The van der Waals surface area contributed by atoms with Crippen molar-refractivity contribution in [2.45, 2.75) is 13.5 Å². The summed E-state index contributed by atoms with van der Waals surface area (Å²) in [4.78, 5) is 6.41. The molecule has 3 rings (SSSR count). The molecular weight excluding hydrogens is 298 g/mol. The van der Waals surface area contributed by atoms with Crippen molar-refractivity contribution < 1.29 is 0 Å². The van der Waals surface area contributed by atoms with E-state index in [1.807, 2.05) is 31.2 Å². The summed E-state index contributed by atoms with van der Waals surface area (Å²) in [6.45, 7) is 2.74. The predicted molar refractivity (Wildman–Crippen MR) is 88.6 cm³/mol. The zero-order chi connectivity index (χ0) is 14.7. The van der Waals surface area contributed by atoms with Crippen molar-refractivity contribution in [1.82, 2.24) is 4.98 Å². The van der Waals surface area contributed by atoms with E-state index in [0.717, 1.165) is 38.3 Å². The first-order valence-corrected chi connectivity index (χ1v) is 8.19. The zero-order valence-electron chi connectivity index (χ0n) is 11.5. The van der Waals surface area contributed by atoms with Crippen molar-refractivity contribution in [3.63, 3.8) is 0 Å². The van der Waals surface area contributed by atoms with E-state index >= 15 is 0 Å². The molecule has 0 spiro atoms. The Morgan fingerprint density at radius 2 is 2.19 bits per heavy atom. The number of nitrogens with one attached hydrogen (secondary N) is 1. The van der Waals surface area contributed by atoms with Crippen LogP contribution in [0.1, 0.15) is 14.8 Å². The summed E-state index contributed by atoms with van der Waals surface area (Å²) in [5, 5.41) is 15.4. The number of thiophene rings is 1. The average molecular weight is 311 g/mol. The number of nitriles is 1. The fraction of sp³-hybridized carbons (Fsp3) is 0.125. The maximum absolute atomic E-state index is 8.83. The van der Waals surface area contributed by atoms with E-state index in [-0.39, 0.29) is 0 Å². The Balaban J connectivity index is 1.73. The van der Waals surface area contributed by atoms with Crippen LogP contribution in [0, 0.1) is 18.3 Å². The lowest BCUT2D eigenvalue weighted by molar-refractivity contribution is 1.19. The second-order valence-corrected chi connectivity index (χ2v) is 6.79. The van der Waals surface area contributed by atoms with Crippen LogP contribution in [0.4, 0.5) is 5.69 Å². The fourth-order valence-corrected chi connectivity index (χ4v) is 3.37. The van der Waals surface area contributed by atoms with Crippen molar-refractivity contribution in [3.05, 3.63) is 56.5 Å². The monoisotopic (exact) mass is 311 g/mol. The van der Waals surface area contributed by atoms with E-state index in [1.165, 1.54) is 11.3 Å². The normalized spacial score (nSPS) is 10.3. The van der Waals surface area contributed by atoms with Gasteiger partial charge in [0.1, 0.15) is 10.9 Å². The van der Waals surface area contributed by atoms with Gasteiger partial charge in [-0.1, -0.05) is 12.1 Å². The molecule has 0 saturated carbocycles. The van der Waals surface area contributed by atoms with Crippen LogP contribution >= 0.6 is 22.7 Å². The Bertz CT molecular complexity index is 796. The van der Waals surface area contributed by atoms with Gasteiger partial charge in [0.05, 0.1) is 10.7 Å². The zero-order valence-corrected chi connectivity index (χ0v) is 13.1. The molecule has 0 aliphatic carbocycles. The number of aryl methyl sites for hydroxylation is 1. The van der Waals surface area contributed by atoms with Gasteiger partial charge in [-0.25, -0.2) is 4.98 Å². The quantitative estimate of drug-likeness (QED) is 0.762. The molecule has 0 amide bonds. The number of hydrogen-bond acceptors (Lipinski definition) is 5. The Morgan fingerprint density at radius 1 is 1.29 bits per heavy atom. The molecule has 0 saturated heterocycles. The van der Waals surface area contributed by atoms with Crippen molar-refractivity contribution in [1.29, 1.82) is 5.26 Å². The van der Waals surface area contributed by atoms with Crippen LogP contribution in [0.25, 0.3) is 11.3 Å². The van der Waals surface area contributed by atoms with Crippen LogP contribution < -0.4 is 5.32 Å². The molecule has 1 aromatic carbocycles. The Hall–Kier alpha value is -2.16. The number of anilines is 1. The van der Waals surface area contributed by atoms with Crippen LogP contribution in [-0.4, -0.2) is 4.98 Å². The predicted octanol–water partition coefficient (Wildman–Crippen LogP) is 4.66. The topological polar surface area (TPSA) is 48.7 Å². The summed E-state index contributed by atoms with van der Waals surface area (Å²) in [6, 6.07) is 14.3. The first-order valence-electron chi connectivity index (χ1n) is 6.50. The third-order valence-corrected chi connectivity index (χ3v) is 4.78. The summed E-state index contributed by atoms with van der Waals surface area (Å²) < 4.78 is 0. The molecule has 3 nitrogen and oxygen atoms in total. The van der Waals surface area contributed by atoms with E-state index in [1.54, 1.807) is 11.3 Å². The van der Waals surface area contributed by atoms with Gasteiger partial charge < -0.3 is 5.32 Å². The minimum atomic E-state index is 0.728. The number of aromatic nitrogens is 1. The molecule has 0 aliphatic heterocycles. The van der Waals surface area contributed by atoms with Gasteiger partial charge >= 0.3 is 0 Å². The highest BCUT2D eigenvalue weighted by Gasteiger charge is 2.04. The second kappa shape index (κ2) is 6.08. The summed E-state index contributed by atoms with van der Waals surface area (Å²) >= 11 is 3.18. The maximum Gasteiger partial charge on any atom is 0.110 e. The van der Waals surface area contributed by atoms with E-state index in [2.05, 4.69) is 33.9 Å². The van der Waals surface area contributed by atoms with E-state index < -0.39 is 0 Å². The molecule has 0 aliphatic rings. The molecule has 0 radical (unpaired) electrons. The molecule has 0 atom stereocenters. The lowest BCUT2D eigenvalue weighted by Gasteiger charge is -2.06. The molecule has 104 valence electrons. The average Bonchev–Trinajstić information content (AvgIpc) is 3.14. The number of rotatable bonds is 4. The lowest BCUT2D eigenvalue weighted by Crippen LogP contribution is -1.97. The van der Waals surface area contributed by atoms with Crippen LogP contribution in [0.5, 0.6) is 0 Å². The highest BCUT2D eigenvalue weighted by Crippen LogP contribution is 2.25. The largest absolute Gasteiger partial charge is 0.380 e. The molecular formula is C16H13N3S2. The van der Waals surface area contributed by atoms with Crippen molar-refractivity contribution in [2.24, 2.45) is 0 Å². The van der Waals surface area contributed by atoms with Crippen molar-refractivity contribution in [2.75, 3.05) is 5.32 Å². The lowest BCUT2D eigenvalue weighted by atomic mass is 10.1. The molecule has 21 heavy (non-hydrogen) atoms. The van der Waals surface area contributed by atoms with Crippen LogP contribution in [0.2, 0.25) is 0 Å². The van der Waals surface area contributed by atoms with Gasteiger partial charge in [-0.2, -0.15) is 5.26 Å². The molecule has 2 aromatic heterocycles. The molecule has 5 heteroatoms. The molecule has 1 N–H and O–H groups in total. The first-order chi connectivity index (χ1) is 10.2. The number of benzene rings is 1. The first kappa shape index (κ1) is 13.8. The number of nitrogens with zero attached hydrogens (tertiary/aromatic N) is 2. The summed E-state index contributed by atoms with van der Waals surface area (Å²) in [5.74, 6) is 0. The minimum absolute atomic E-state index is 0.728. The fourth-order valence-electron chi connectivity index (χ4n) is 2.01. The molecule has 0 unspecified atom stereocenters. The SMILES string of the molecule is Cc1nc(-c2cccc(NCc3ccc(C#N)s3)c2)cs1. The van der Waals surface area contributed by atoms with E-state index in [4.69, 9.17) is 5.26 Å². The van der Waals surface area contributed by atoms with Gasteiger partial charge in [0.25, 0.3) is 0 Å². The van der Waals surface area contributed by atoms with Gasteiger partial charge in [0, 0.05) is 28.1 Å². The van der Waals surface area contributed by atoms with E-state index in [9.17, 15) is 0 Å². The van der Waals surface area contributed by atoms with Gasteiger partial charge in [-0.15, -0.1) is 22.7 Å². The van der Waals surface area contributed by atoms with E-state index in [0.29, 0.717) is 0 Å². The molecule has 2 heterocycles. The van der Waals surface area contributed by atoms with Crippen LogP contribution in [-0.2, 0) is 6.54 Å². The standard InChI is InChI=1S/C16H13N3S2/c1-11-19-16(10-20-11)12-3-2-4-13(7-12)18-9-15-6-5-14(8-17)21-15/h2-7,10,18H,9H2,1H3. The third-order valence-electron chi connectivity index (χ3n) is 3.02. The number of thiazole rings is 1. The van der Waals surface area contributed by atoms with Crippen LogP contribution in [0.3, 0.4) is 0 Å². The molecule has 0 bridgehead atoms.